The summed E-state index contributed by atoms with van der Waals surface area (Å²) in [6, 6.07) is 5.82. The van der Waals surface area contributed by atoms with E-state index in [1.165, 1.54) is 11.3 Å². The third-order valence-corrected chi connectivity index (χ3v) is 4.46. The second-order valence-corrected chi connectivity index (χ2v) is 6.02. The average Bonchev–Trinajstić information content (AvgIpc) is 3.16. The highest BCUT2D eigenvalue weighted by atomic mass is 32.1. The lowest BCUT2D eigenvalue weighted by Crippen LogP contribution is -2.29. The molecule has 0 aliphatic carbocycles. The summed E-state index contributed by atoms with van der Waals surface area (Å²) in [7, 11) is 0. The van der Waals surface area contributed by atoms with Gasteiger partial charge in [0.15, 0.2) is 6.61 Å². The van der Waals surface area contributed by atoms with Gasteiger partial charge in [0.1, 0.15) is 5.01 Å². The number of carbonyl (C=O) groups is 2. The van der Waals surface area contributed by atoms with E-state index in [1.54, 1.807) is 11.3 Å². The van der Waals surface area contributed by atoms with Crippen LogP contribution in [0.5, 0.6) is 0 Å². The molecule has 0 fully saturated rings. The van der Waals surface area contributed by atoms with Gasteiger partial charge in [-0.3, -0.25) is 9.59 Å². The highest BCUT2D eigenvalue weighted by Gasteiger charge is 2.12. The maximum absolute atomic E-state index is 11.7. The third-order valence-electron chi connectivity index (χ3n) is 2.53. The van der Waals surface area contributed by atoms with Crippen LogP contribution in [-0.2, 0) is 20.7 Å². The fourth-order valence-corrected chi connectivity index (χ4v) is 3.19. The van der Waals surface area contributed by atoms with Gasteiger partial charge in [-0.1, -0.05) is 6.07 Å². The zero-order chi connectivity index (χ0) is 15.8. The Morgan fingerprint density at radius 2 is 2.27 bits per heavy atom. The van der Waals surface area contributed by atoms with E-state index in [-0.39, 0.29) is 26.0 Å². The number of thiazole rings is 1. The number of nitriles is 1. The molecule has 0 atom stereocenters. The first kappa shape index (κ1) is 16.1. The van der Waals surface area contributed by atoms with Gasteiger partial charge in [0.05, 0.1) is 29.5 Å². The van der Waals surface area contributed by atoms with Crippen LogP contribution >= 0.6 is 22.7 Å². The van der Waals surface area contributed by atoms with Gasteiger partial charge in [-0.2, -0.15) is 5.26 Å². The Hall–Kier alpha value is -2.24. The summed E-state index contributed by atoms with van der Waals surface area (Å²) < 4.78 is 4.87. The van der Waals surface area contributed by atoms with Crippen LogP contribution in [0.3, 0.4) is 0 Å². The molecule has 0 aliphatic rings. The van der Waals surface area contributed by atoms with Crippen LogP contribution in [-0.4, -0.2) is 30.0 Å². The lowest BCUT2D eigenvalue weighted by atomic mass is 10.3. The number of nitrogens with one attached hydrogen (secondary N) is 1. The van der Waals surface area contributed by atoms with Crippen molar-refractivity contribution in [1.82, 2.24) is 10.3 Å². The number of carbonyl (C=O) groups excluding carboxylic acids is 2. The summed E-state index contributed by atoms with van der Waals surface area (Å²) in [4.78, 5) is 28.4. The number of esters is 1. The second-order valence-electron chi connectivity index (χ2n) is 4.22. The molecule has 0 bridgehead atoms. The molecule has 0 radical (unpaired) electrons. The number of nitrogens with zero attached hydrogens (tertiary/aromatic N) is 2. The number of aromatic nitrogens is 1. The van der Waals surface area contributed by atoms with Crippen molar-refractivity contribution < 1.29 is 14.3 Å². The fraction of sp³-hybridized carbons (Fsp3) is 0.286. The molecule has 0 aliphatic heterocycles. The van der Waals surface area contributed by atoms with Crippen LogP contribution in [0.4, 0.5) is 0 Å². The van der Waals surface area contributed by atoms with Gasteiger partial charge in [-0.15, -0.1) is 22.7 Å². The Bertz CT molecular complexity index is 674. The fourth-order valence-electron chi connectivity index (χ4n) is 1.56. The zero-order valence-electron chi connectivity index (χ0n) is 11.6. The molecule has 22 heavy (non-hydrogen) atoms. The molecule has 2 aromatic rings. The Morgan fingerprint density at radius 3 is 3.00 bits per heavy atom. The van der Waals surface area contributed by atoms with Crippen molar-refractivity contribution in [2.24, 2.45) is 0 Å². The number of thiophene rings is 1. The van der Waals surface area contributed by atoms with Crippen LogP contribution in [0.2, 0.25) is 0 Å². The van der Waals surface area contributed by atoms with Crippen LogP contribution in [0.15, 0.2) is 22.9 Å². The van der Waals surface area contributed by atoms with Crippen LogP contribution in [0.1, 0.15) is 12.1 Å². The molecule has 0 unspecified atom stereocenters. The summed E-state index contributed by atoms with van der Waals surface area (Å²) in [6.45, 7) is -0.0880. The van der Waals surface area contributed by atoms with E-state index in [4.69, 9.17) is 10.00 Å². The van der Waals surface area contributed by atoms with Crippen molar-refractivity contribution in [2.45, 2.75) is 12.8 Å². The molecule has 2 heterocycles. The molecule has 0 saturated carbocycles. The molecule has 6 nitrogen and oxygen atoms in total. The van der Waals surface area contributed by atoms with Gasteiger partial charge in [-0.25, -0.2) is 4.98 Å². The summed E-state index contributed by atoms with van der Waals surface area (Å²) >= 11 is 3.06. The van der Waals surface area contributed by atoms with E-state index in [0.29, 0.717) is 5.69 Å². The van der Waals surface area contributed by atoms with E-state index in [9.17, 15) is 9.59 Å². The van der Waals surface area contributed by atoms with E-state index < -0.39 is 11.9 Å². The minimum absolute atomic E-state index is 0.0351. The molecule has 114 valence electrons. The molecule has 0 spiro atoms. The number of hydrogen-bond acceptors (Lipinski definition) is 7. The van der Waals surface area contributed by atoms with Crippen molar-refractivity contribution in [3.8, 4) is 16.0 Å². The van der Waals surface area contributed by atoms with Crippen molar-refractivity contribution in [2.75, 3.05) is 13.2 Å². The molecular weight excluding hydrogens is 322 g/mol. The Kier molecular flexibility index (Phi) is 6.06. The van der Waals surface area contributed by atoms with Gasteiger partial charge in [0, 0.05) is 11.9 Å². The summed E-state index contributed by atoms with van der Waals surface area (Å²) in [5, 5.41) is 15.5. The van der Waals surface area contributed by atoms with Crippen LogP contribution < -0.4 is 5.32 Å². The van der Waals surface area contributed by atoms with Gasteiger partial charge in [0.2, 0.25) is 0 Å². The van der Waals surface area contributed by atoms with Crippen molar-refractivity contribution in [3.05, 3.63) is 28.6 Å². The highest BCUT2D eigenvalue weighted by molar-refractivity contribution is 7.20. The smallest absolute Gasteiger partial charge is 0.312 e. The quantitative estimate of drug-likeness (QED) is 0.617. The number of amides is 1. The minimum Gasteiger partial charge on any atom is -0.455 e. The van der Waals surface area contributed by atoms with Crippen LogP contribution in [0, 0.1) is 11.3 Å². The number of ether oxygens (including phenoxy) is 1. The Labute approximate surface area is 135 Å². The molecule has 2 rings (SSSR count). The maximum atomic E-state index is 11.7. The molecule has 0 aromatic carbocycles. The second kappa shape index (κ2) is 8.26. The van der Waals surface area contributed by atoms with E-state index in [0.717, 1.165) is 9.88 Å². The van der Waals surface area contributed by atoms with Gasteiger partial charge < -0.3 is 10.1 Å². The molecule has 2 aromatic heterocycles. The molecule has 8 heteroatoms. The van der Waals surface area contributed by atoms with Crippen molar-refractivity contribution in [1.29, 1.82) is 5.26 Å². The van der Waals surface area contributed by atoms with Gasteiger partial charge in [0.25, 0.3) is 5.91 Å². The first-order valence-electron chi connectivity index (χ1n) is 6.46. The Morgan fingerprint density at radius 1 is 1.41 bits per heavy atom. The SMILES string of the molecule is N#CCCNC(=O)COC(=O)Cc1csc(-c2cccs2)n1. The summed E-state index contributed by atoms with van der Waals surface area (Å²) in [6.07, 6.45) is 0.261. The first-order valence-corrected chi connectivity index (χ1v) is 8.22. The predicted molar refractivity (Wildman–Crippen MR) is 83.3 cm³/mol. The van der Waals surface area contributed by atoms with Gasteiger partial charge in [-0.05, 0) is 11.4 Å². The lowest BCUT2D eigenvalue weighted by molar-refractivity contribution is -0.147. The van der Waals surface area contributed by atoms with Gasteiger partial charge >= 0.3 is 5.97 Å². The standard InChI is InChI=1S/C14H13N3O3S2/c15-4-2-5-16-12(18)8-20-13(19)7-10-9-22-14(17-10)11-3-1-6-21-11/h1,3,6,9H,2,5,7-8H2,(H,16,18). The maximum Gasteiger partial charge on any atom is 0.312 e. The summed E-state index contributed by atoms with van der Waals surface area (Å²) in [5.41, 5.74) is 0.628. The zero-order valence-corrected chi connectivity index (χ0v) is 13.2. The molecular formula is C14H13N3O3S2. The molecule has 1 amide bonds. The largest absolute Gasteiger partial charge is 0.455 e. The normalized spacial score (nSPS) is 9.95. The van der Waals surface area contributed by atoms with E-state index in [2.05, 4.69) is 10.3 Å². The topological polar surface area (TPSA) is 92.1 Å². The molecule has 1 N–H and O–H groups in total. The van der Waals surface area contributed by atoms with Crippen molar-refractivity contribution in [3.63, 3.8) is 0 Å². The predicted octanol–water partition coefficient (Wildman–Crippen LogP) is 1.99. The monoisotopic (exact) mass is 335 g/mol. The number of rotatable bonds is 7. The van der Waals surface area contributed by atoms with E-state index in [1.807, 2.05) is 29.0 Å². The number of hydrogen-bond donors (Lipinski definition) is 1. The first-order chi connectivity index (χ1) is 10.7. The lowest BCUT2D eigenvalue weighted by Gasteiger charge is -2.04. The van der Waals surface area contributed by atoms with Crippen LogP contribution in [0.25, 0.3) is 9.88 Å². The van der Waals surface area contributed by atoms with Crippen molar-refractivity contribution >= 4 is 34.6 Å². The van der Waals surface area contributed by atoms with E-state index >= 15 is 0 Å². The summed E-state index contributed by atoms with van der Waals surface area (Å²) in [5.74, 6) is -0.917. The third kappa shape index (κ3) is 4.95. The Balaban J connectivity index is 1.76. The highest BCUT2D eigenvalue weighted by Crippen LogP contribution is 2.27. The minimum atomic E-state index is -0.501. The average molecular weight is 335 g/mol. The molecule has 0 saturated heterocycles.